The van der Waals surface area contributed by atoms with Crippen LogP contribution in [0.3, 0.4) is 0 Å². The lowest BCUT2D eigenvalue weighted by molar-refractivity contribution is -0.117. The van der Waals surface area contributed by atoms with Crippen LogP contribution in [-0.2, 0) is 4.79 Å². The van der Waals surface area contributed by atoms with Crippen LogP contribution in [-0.4, -0.2) is 16.8 Å². The van der Waals surface area contributed by atoms with Crippen molar-refractivity contribution in [3.05, 3.63) is 84.9 Å². The van der Waals surface area contributed by atoms with Crippen LogP contribution in [0.4, 0.5) is 5.69 Å². The number of aliphatic hydroxyl groups excluding tert-OH is 1. The first-order valence-electron chi connectivity index (χ1n) is 8.86. The van der Waals surface area contributed by atoms with Gasteiger partial charge in [-0.15, -0.1) is 22.7 Å². The Kier molecular flexibility index (Phi) is 4.69. The minimum Gasteiger partial charge on any atom is -0.503 e. The lowest BCUT2D eigenvalue weighted by atomic mass is 9.98. The summed E-state index contributed by atoms with van der Waals surface area (Å²) in [5.74, 6) is -1.31. The van der Waals surface area contributed by atoms with E-state index in [4.69, 9.17) is 0 Å². The molecule has 1 aliphatic heterocycles. The largest absolute Gasteiger partial charge is 0.503 e. The SMILES string of the molecule is Cc1ccc(N2C(=O)C(O)=C(C(=O)c3cccs3)C2c2sccc2C)cc1C. The number of ketones is 1. The zero-order valence-corrected chi connectivity index (χ0v) is 17.4. The van der Waals surface area contributed by atoms with Crippen LogP contribution in [0.25, 0.3) is 0 Å². The smallest absolute Gasteiger partial charge is 0.294 e. The van der Waals surface area contributed by atoms with Crippen molar-refractivity contribution in [3.8, 4) is 0 Å². The molecular weight excluding hydrogens is 390 g/mol. The fourth-order valence-electron chi connectivity index (χ4n) is 3.43. The molecule has 28 heavy (non-hydrogen) atoms. The van der Waals surface area contributed by atoms with Crippen LogP contribution >= 0.6 is 22.7 Å². The molecular formula is C22H19NO3S2. The second kappa shape index (κ2) is 7.04. The summed E-state index contributed by atoms with van der Waals surface area (Å²) in [6.45, 7) is 5.94. The van der Waals surface area contributed by atoms with Crippen LogP contribution in [0.5, 0.6) is 0 Å². The summed E-state index contributed by atoms with van der Waals surface area (Å²) < 4.78 is 0. The van der Waals surface area contributed by atoms with Gasteiger partial charge >= 0.3 is 0 Å². The molecule has 0 aliphatic carbocycles. The van der Waals surface area contributed by atoms with Crippen molar-refractivity contribution in [2.75, 3.05) is 4.90 Å². The highest BCUT2D eigenvalue weighted by molar-refractivity contribution is 7.12. The van der Waals surface area contributed by atoms with Gasteiger partial charge in [0.05, 0.1) is 10.5 Å². The molecule has 1 unspecified atom stereocenters. The average Bonchev–Trinajstić information content (AvgIpc) is 3.39. The quantitative estimate of drug-likeness (QED) is 0.578. The minimum absolute atomic E-state index is 0.149. The van der Waals surface area contributed by atoms with E-state index in [0.717, 1.165) is 21.6 Å². The number of hydrogen-bond acceptors (Lipinski definition) is 5. The molecule has 0 saturated carbocycles. The van der Waals surface area contributed by atoms with Crippen molar-refractivity contribution in [2.45, 2.75) is 26.8 Å². The fraction of sp³-hybridized carbons (Fsp3) is 0.182. The third-order valence-corrected chi connectivity index (χ3v) is 7.06. The maximum Gasteiger partial charge on any atom is 0.294 e. The molecule has 1 aromatic carbocycles. The van der Waals surface area contributed by atoms with E-state index in [-0.39, 0.29) is 11.4 Å². The fourth-order valence-corrected chi connectivity index (χ4v) is 5.13. The molecule has 1 N–H and O–H groups in total. The molecule has 0 spiro atoms. The van der Waals surface area contributed by atoms with Crippen LogP contribution in [0.1, 0.15) is 37.3 Å². The monoisotopic (exact) mass is 409 g/mol. The Balaban J connectivity index is 1.90. The molecule has 4 nitrogen and oxygen atoms in total. The summed E-state index contributed by atoms with van der Waals surface area (Å²) in [6, 6.07) is 10.6. The van der Waals surface area contributed by atoms with E-state index in [1.54, 1.807) is 17.0 Å². The van der Waals surface area contributed by atoms with Crippen molar-refractivity contribution < 1.29 is 14.7 Å². The Morgan fingerprint density at radius 1 is 1.00 bits per heavy atom. The maximum atomic E-state index is 13.2. The molecule has 0 saturated heterocycles. The Labute approximate surface area is 171 Å². The average molecular weight is 410 g/mol. The van der Waals surface area contributed by atoms with Gasteiger partial charge in [-0.05, 0) is 72.5 Å². The third-order valence-electron chi connectivity index (χ3n) is 5.12. The van der Waals surface area contributed by atoms with E-state index < -0.39 is 17.7 Å². The van der Waals surface area contributed by atoms with Crippen LogP contribution in [0, 0.1) is 20.8 Å². The van der Waals surface area contributed by atoms with Crippen molar-refractivity contribution >= 4 is 40.1 Å². The number of rotatable bonds is 4. The molecule has 4 rings (SSSR count). The Morgan fingerprint density at radius 2 is 1.79 bits per heavy atom. The number of carbonyl (C=O) groups excluding carboxylic acids is 2. The van der Waals surface area contributed by atoms with E-state index in [9.17, 15) is 14.7 Å². The molecule has 0 fully saturated rings. The van der Waals surface area contributed by atoms with E-state index in [1.807, 2.05) is 55.8 Å². The number of amides is 1. The number of nitrogens with zero attached hydrogens (tertiary/aromatic N) is 1. The molecule has 1 amide bonds. The third kappa shape index (κ3) is 2.89. The topological polar surface area (TPSA) is 57.6 Å². The summed E-state index contributed by atoms with van der Waals surface area (Å²) in [6.07, 6.45) is 0. The molecule has 2 aromatic heterocycles. The first-order valence-corrected chi connectivity index (χ1v) is 10.6. The van der Waals surface area contributed by atoms with Gasteiger partial charge in [-0.25, -0.2) is 0 Å². The van der Waals surface area contributed by atoms with Gasteiger partial charge in [0.25, 0.3) is 5.91 Å². The molecule has 3 aromatic rings. The minimum atomic E-state index is -0.635. The van der Waals surface area contributed by atoms with Gasteiger partial charge in [0.2, 0.25) is 5.78 Å². The molecule has 142 valence electrons. The van der Waals surface area contributed by atoms with Crippen molar-refractivity contribution in [1.82, 2.24) is 0 Å². The molecule has 3 heterocycles. The summed E-state index contributed by atoms with van der Waals surface area (Å²) >= 11 is 2.79. The second-order valence-corrected chi connectivity index (χ2v) is 8.78. The van der Waals surface area contributed by atoms with E-state index >= 15 is 0 Å². The van der Waals surface area contributed by atoms with Crippen LogP contribution in [0.15, 0.2) is 58.5 Å². The predicted octanol–water partition coefficient (Wildman–Crippen LogP) is 5.52. The summed E-state index contributed by atoms with van der Waals surface area (Å²) in [4.78, 5) is 29.2. The van der Waals surface area contributed by atoms with Crippen LogP contribution in [0.2, 0.25) is 0 Å². The van der Waals surface area contributed by atoms with Gasteiger partial charge in [-0.2, -0.15) is 0 Å². The maximum absolute atomic E-state index is 13.2. The second-order valence-electron chi connectivity index (χ2n) is 6.88. The first-order chi connectivity index (χ1) is 13.4. The van der Waals surface area contributed by atoms with Gasteiger partial charge in [0.1, 0.15) is 6.04 Å². The summed E-state index contributed by atoms with van der Waals surface area (Å²) in [7, 11) is 0. The number of aryl methyl sites for hydroxylation is 3. The van der Waals surface area contributed by atoms with E-state index in [1.165, 1.54) is 22.7 Å². The van der Waals surface area contributed by atoms with Gasteiger partial charge in [-0.3, -0.25) is 14.5 Å². The summed E-state index contributed by atoms with van der Waals surface area (Å²) in [5, 5.41) is 14.5. The summed E-state index contributed by atoms with van der Waals surface area (Å²) in [5.41, 5.74) is 3.97. The van der Waals surface area contributed by atoms with Crippen molar-refractivity contribution in [3.63, 3.8) is 0 Å². The lowest BCUT2D eigenvalue weighted by Crippen LogP contribution is -2.31. The molecule has 0 radical (unpaired) electrons. The number of carbonyl (C=O) groups is 2. The number of benzene rings is 1. The highest BCUT2D eigenvalue weighted by atomic mass is 32.1. The van der Waals surface area contributed by atoms with Gasteiger partial charge in [0.15, 0.2) is 5.76 Å². The van der Waals surface area contributed by atoms with Crippen molar-refractivity contribution in [2.24, 2.45) is 0 Å². The van der Waals surface area contributed by atoms with Crippen LogP contribution < -0.4 is 4.90 Å². The van der Waals surface area contributed by atoms with E-state index in [2.05, 4.69) is 0 Å². The molecule has 1 atom stereocenters. The predicted molar refractivity (Wildman–Crippen MR) is 114 cm³/mol. The van der Waals surface area contributed by atoms with E-state index in [0.29, 0.717) is 10.6 Å². The van der Waals surface area contributed by atoms with Gasteiger partial charge in [0, 0.05) is 10.6 Å². The number of hydrogen-bond donors (Lipinski definition) is 1. The molecule has 6 heteroatoms. The Bertz CT molecular complexity index is 1110. The lowest BCUT2D eigenvalue weighted by Gasteiger charge is -2.27. The number of aliphatic hydroxyl groups is 1. The molecule has 0 bridgehead atoms. The zero-order valence-electron chi connectivity index (χ0n) is 15.7. The zero-order chi connectivity index (χ0) is 20.0. The number of anilines is 1. The number of Topliss-reactive ketones (excluding diaryl/α,β-unsaturated/α-hetero) is 1. The van der Waals surface area contributed by atoms with Crippen molar-refractivity contribution in [1.29, 1.82) is 0 Å². The number of thiophene rings is 2. The standard InChI is InChI=1S/C22H19NO3S2/c1-12-6-7-15(11-14(12)3)23-18(21-13(2)8-10-28-21)17(20(25)22(23)26)19(24)16-5-4-9-27-16/h4-11,18,25H,1-3H3. The first kappa shape index (κ1) is 18.7. The highest BCUT2D eigenvalue weighted by Crippen LogP contribution is 2.45. The Hall–Kier alpha value is -2.70. The highest BCUT2D eigenvalue weighted by Gasteiger charge is 2.45. The molecule has 1 aliphatic rings. The van der Waals surface area contributed by atoms with Gasteiger partial charge < -0.3 is 5.11 Å². The normalized spacial score (nSPS) is 16.9. The van der Waals surface area contributed by atoms with Gasteiger partial charge in [-0.1, -0.05) is 12.1 Å². The Morgan fingerprint density at radius 3 is 2.39 bits per heavy atom.